The Labute approximate surface area is 113 Å². The fourth-order valence-electron chi connectivity index (χ4n) is 1.93. The van der Waals surface area contributed by atoms with Crippen LogP contribution in [0.3, 0.4) is 0 Å². The smallest absolute Gasteiger partial charge is 0.213 e. The molecule has 1 heterocycles. The van der Waals surface area contributed by atoms with Gasteiger partial charge in [0.15, 0.2) is 0 Å². The summed E-state index contributed by atoms with van der Waals surface area (Å²) in [7, 11) is 1.57. The molecule has 0 spiro atoms. The van der Waals surface area contributed by atoms with E-state index in [4.69, 9.17) is 4.74 Å². The van der Waals surface area contributed by atoms with E-state index in [2.05, 4.69) is 18.8 Å². The van der Waals surface area contributed by atoms with Gasteiger partial charge >= 0.3 is 0 Å². The van der Waals surface area contributed by atoms with Crippen LogP contribution >= 0.6 is 0 Å². The van der Waals surface area contributed by atoms with E-state index in [-0.39, 0.29) is 0 Å². The normalized spacial score (nSPS) is 12.5. The third kappa shape index (κ3) is 3.12. The zero-order valence-corrected chi connectivity index (χ0v) is 11.5. The van der Waals surface area contributed by atoms with Crippen molar-refractivity contribution in [3.05, 3.63) is 59.3 Å². The van der Waals surface area contributed by atoms with Crippen molar-refractivity contribution in [3.63, 3.8) is 0 Å². The summed E-state index contributed by atoms with van der Waals surface area (Å²) in [4.78, 5) is 4.25. The van der Waals surface area contributed by atoms with E-state index in [9.17, 15) is 5.11 Å². The highest BCUT2D eigenvalue weighted by Crippen LogP contribution is 2.24. The van der Waals surface area contributed by atoms with Gasteiger partial charge in [0, 0.05) is 6.07 Å². The van der Waals surface area contributed by atoms with Crippen LogP contribution < -0.4 is 4.74 Å². The fraction of sp³-hybridized carbons (Fsp3) is 0.312. The predicted molar refractivity (Wildman–Crippen MR) is 75.4 cm³/mol. The summed E-state index contributed by atoms with van der Waals surface area (Å²) in [6.07, 6.45) is -0.726. The van der Waals surface area contributed by atoms with Gasteiger partial charge in [-0.2, -0.15) is 0 Å². The number of benzene rings is 1. The van der Waals surface area contributed by atoms with E-state index >= 15 is 0 Å². The van der Waals surface area contributed by atoms with Crippen molar-refractivity contribution in [1.29, 1.82) is 0 Å². The molecule has 0 fully saturated rings. The number of pyridine rings is 1. The molecule has 3 heteroatoms. The van der Waals surface area contributed by atoms with Gasteiger partial charge in [0.2, 0.25) is 5.88 Å². The lowest BCUT2D eigenvalue weighted by Crippen LogP contribution is -2.03. The third-order valence-electron chi connectivity index (χ3n) is 3.15. The standard InChI is InChI=1S/C16H19NO2/c1-11(2)12-7-9-13(10-8-12)16(18)14-5-4-6-15(17-14)19-3/h4-11,16,18H,1-3H3. The number of ether oxygens (including phenoxy) is 1. The second-order valence-electron chi connectivity index (χ2n) is 4.83. The Kier molecular flexibility index (Phi) is 4.17. The van der Waals surface area contributed by atoms with Crippen molar-refractivity contribution in [1.82, 2.24) is 4.98 Å². The zero-order valence-electron chi connectivity index (χ0n) is 11.5. The topological polar surface area (TPSA) is 42.4 Å². The van der Waals surface area contributed by atoms with E-state index in [1.807, 2.05) is 30.3 Å². The molecule has 2 rings (SSSR count). The SMILES string of the molecule is COc1cccc(C(O)c2ccc(C(C)C)cc2)n1. The summed E-state index contributed by atoms with van der Waals surface area (Å²) < 4.78 is 5.07. The first-order valence-electron chi connectivity index (χ1n) is 6.40. The van der Waals surface area contributed by atoms with E-state index in [0.29, 0.717) is 17.5 Å². The number of aromatic nitrogens is 1. The Hall–Kier alpha value is -1.87. The number of aliphatic hydroxyl groups excluding tert-OH is 1. The van der Waals surface area contributed by atoms with Gasteiger partial charge in [0.1, 0.15) is 6.10 Å². The van der Waals surface area contributed by atoms with Crippen LogP contribution in [0.5, 0.6) is 5.88 Å². The Morgan fingerprint density at radius 2 is 1.63 bits per heavy atom. The quantitative estimate of drug-likeness (QED) is 0.913. The van der Waals surface area contributed by atoms with Crippen LogP contribution in [0.15, 0.2) is 42.5 Å². The summed E-state index contributed by atoms with van der Waals surface area (Å²) in [5, 5.41) is 10.3. The van der Waals surface area contributed by atoms with Gasteiger partial charge < -0.3 is 9.84 Å². The average molecular weight is 257 g/mol. The minimum Gasteiger partial charge on any atom is -0.481 e. The Morgan fingerprint density at radius 1 is 1.00 bits per heavy atom. The summed E-state index contributed by atoms with van der Waals surface area (Å²) in [6.45, 7) is 4.30. The number of methoxy groups -OCH3 is 1. The second kappa shape index (κ2) is 5.85. The zero-order chi connectivity index (χ0) is 13.8. The Bertz CT molecular complexity index is 535. The van der Waals surface area contributed by atoms with Gasteiger partial charge in [-0.15, -0.1) is 0 Å². The van der Waals surface area contributed by atoms with Crippen molar-refractivity contribution in [2.24, 2.45) is 0 Å². The maximum Gasteiger partial charge on any atom is 0.213 e. The molecule has 2 aromatic rings. The van der Waals surface area contributed by atoms with E-state index in [1.54, 1.807) is 19.2 Å². The maximum absolute atomic E-state index is 10.3. The lowest BCUT2D eigenvalue weighted by Gasteiger charge is -2.13. The van der Waals surface area contributed by atoms with Gasteiger partial charge in [0.05, 0.1) is 12.8 Å². The molecule has 0 radical (unpaired) electrons. The Morgan fingerprint density at radius 3 is 2.21 bits per heavy atom. The number of hydrogen-bond donors (Lipinski definition) is 1. The molecule has 0 bridgehead atoms. The molecule has 0 amide bonds. The largest absolute Gasteiger partial charge is 0.481 e. The molecule has 1 aromatic heterocycles. The number of hydrogen-bond acceptors (Lipinski definition) is 3. The van der Waals surface area contributed by atoms with Crippen LogP contribution in [0.2, 0.25) is 0 Å². The Balaban J connectivity index is 2.25. The molecular formula is C16H19NO2. The first-order chi connectivity index (χ1) is 9.11. The molecule has 0 aliphatic rings. The molecule has 19 heavy (non-hydrogen) atoms. The van der Waals surface area contributed by atoms with Crippen LogP contribution in [0, 0.1) is 0 Å². The molecule has 0 saturated heterocycles. The van der Waals surface area contributed by atoms with Crippen molar-refractivity contribution in [3.8, 4) is 5.88 Å². The second-order valence-corrected chi connectivity index (χ2v) is 4.83. The van der Waals surface area contributed by atoms with Crippen molar-refractivity contribution in [2.45, 2.75) is 25.9 Å². The number of nitrogens with zero attached hydrogens (tertiary/aromatic N) is 1. The summed E-state index contributed by atoms with van der Waals surface area (Å²) in [5.41, 5.74) is 2.69. The van der Waals surface area contributed by atoms with Crippen molar-refractivity contribution in [2.75, 3.05) is 7.11 Å². The molecule has 1 atom stereocenters. The average Bonchev–Trinajstić information content (AvgIpc) is 2.46. The first kappa shape index (κ1) is 13.6. The lowest BCUT2D eigenvalue weighted by molar-refractivity contribution is 0.213. The predicted octanol–water partition coefficient (Wildman–Crippen LogP) is 3.30. The summed E-state index contributed by atoms with van der Waals surface area (Å²) >= 11 is 0. The minimum absolute atomic E-state index is 0.487. The van der Waals surface area contributed by atoms with Gasteiger partial charge in [-0.1, -0.05) is 44.2 Å². The van der Waals surface area contributed by atoms with Crippen LogP contribution in [0.25, 0.3) is 0 Å². The lowest BCUT2D eigenvalue weighted by atomic mass is 9.99. The molecule has 3 nitrogen and oxygen atoms in total. The van der Waals surface area contributed by atoms with E-state index in [0.717, 1.165) is 5.56 Å². The minimum atomic E-state index is -0.726. The van der Waals surface area contributed by atoms with E-state index < -0.39 is 6.10 Å². The van der Waals surface area contributed by atoms with E-state index in [1.165, 1.54) is 5.56 Å². The van der Waals surface area contributed by atoms with Crippen molar-refractivity contribution >= 4 is 0 Å². The summed E-state index contributed by atoms with van der Waals surface area (Å²) in [5.74, 6) is 0.997. The van der Waals surface area contributed by atoms with Crippen LogP contribution in [0.1, 0.15) is 42.7 Å². The van der Waals surface area contributed by atoms with Crippen LogP contribution in [0.4, 0.5) is 0 Å². The molecule has 0 aliphatic heterocycles. The molecule has 0 saturated carbocycles. The maximum atomic E-state index is 10.3. The highest BCUT2D eigenvalue weighted by molar-refractivity contribution is 5.31. The molecular weight excluding hydrogens is 238 g/mol. The van der Waals surface area contributed by atoms with Gasteiger partial charge in [-0.3, -0.25) is 0 Å². The molecule has 1 aromatic carbocycles. The first-order valence-corrected chi connectivity index (χ1v) is 6.40. The third-order valence-corrected chi connectivity index (χ3v) is 3.15. The van der Waals surface area contributed by atoms with Gasteiger partial charge in [-0.25, -0.2) is 4.98 Å². The molecule has 1 N–H and O–H groups in total. The highest BCUT2D eigenvalue weighted by Gasteiger charge is 2.12. The number of rotatable bonds is 4. The van der Waals surface area contributed by atoms with Gasteiger partial charge in [-0.05, 0) is 23.1 Å². The van der Waals surface area contributed by atoms with Crippen molar-refractivity contribution < 1.29 is 9.84 Å². The fourth-order valence-corrected chi connectivity index (χ4v) is 1.93. The van der Waals surface area contributed by atoms with Gasteiger partial charge in [0.25, 0.3) is 0 Å². The van der Waals surface area contributed by atoms with Crippen LogP contribution in [-0.4, -0.2) is 17.2 Å². The monoisotopic (exact) mass is 257 g/mol. The molecule has 100 valence electrons. The summed E-state index contributed by atoms with van der Waals surface area (Å²) in [6, 6.07) is 13.4. The number of aliphatic hydroxyl groups is 1. The molecule has 1 unspecified atom stereocenters. The van der Waals surface area contributed by atoms with Crippen LogP contribution in [-0.2, 0) is 0 Å². The molecule has 0 aliphatic carbocycles. The highest BCUT2D eigenvalue weighted by atomic mass is 16.5.